The smallest absolute Gasteiger partial charge is 0.242 e. The predicted molar refractivity (Wildman–Crippen MR) is 85.7 cm³/mol. The third-order valence-electron chi connectivity index (χ3n) is 3.34. The van der Waals surface area contributed by atoms with Crippen molar-refractivity contribution >= 4 is 22.8 Å². The van der Waals surface area contributed by atoms with Crippen molar-refractivity contribution in [2.45, 2.75) is 45.4 Å². The van der Waals surface area contributed by atoms with Crippen LogP contribution in [0.2, 0.25) is 0 Å². The van der Waals surface area contributed by atoms with E-state index in [9.17, 15) is 0 Å². The summed E-state index contributed by atoms with van der Waals surface area (Å²) in [5.41, 5.74) is 6.78. The Morgan fingerprint density at radius 1 is 1.43 bits per heavy atom. The Kier molecular flexibility index (Phi) is 3.96. The molecule has 2 aromatic rings. The average molecular weight is 304 g/mol. The lowest BCUT2D eigenvalue weighted by Gasteiger charge is -2.25. The van der Waals surface area contributed by atoms with Crippen molar-refractivity contribution in [1.29, 1.82) is 0 Å². The molecular weight excluding hydrogens is 284 g/mol. The third-order valence-corrected chi connectivity index (χ3v) is 4.20. The van der Waals surface area contributed by atoms with Gasteiger partial charge in [0.25, 0.3) is 0 Å². The molecule has 0 unspecified atom stereocenters. The van der Waals surface area contributed by atoms with Gasteiger partial charge in [0.05, 0.1) is 12.6 Å². The maximum Gasteiger partial charge on any atom is 0.242 e. The Morgan fingerprint density at radius 2 is 2.24 bits per heavy atom. The van der Waals surface area contributed by atoms with Gasteiger partial charge in [-0.15, -0.1) is 11.3 Å². The van der Waals surface area contributed by atoms with E-state index in [0.29, 0.717) is 17.6 Å². The lowest BCUT2D eigenvalue weighted by molar-refractivity contribution is 0.234. The second kappa shape index (κ2) is 5.89. The summed E-state index contributed by atoms with van der Waals surface area (Å²) in [4.78, 5) is 12.1. The minimum Gasteiger partial charge on any atom is -0.473 e. The average Bonchev–Trinajstić information content (AvgIpc) is 3.16. The minimum absolute atomic E-state index is 0.0433. The Hall–Kier alpha value is -1.82. The zero-order valence-corrected chi connectivity index (χ0v) is 13.1. The van der Waals surface area contributed by atoms with Crippen LogP contribution in [0.3, 0.4) is 0 Å². The van der Waals surface area contributed by atoms with Crippen LogP contribution in [0.4, 0.5) is 11.5 Å². The molecular formula is C15H20N4OS. The van der Waals surface area contributed by atoms with Gasteiger partial charge in [-0.05, 0) is 38.1 Å². The number of thiophene rings is 1. The molecule has 0 spiro atoms. The van der Waals surface area contributed by atoms with Crippen LogP contribution in [0, 0.1) is 0 Å². The van der Waals surface area contributed by atoms with Crippen molar-refractivity contribution in [3.63, 3.8) is 0 Å². The molecule has 0 saturated heterocycles. The molecule has 2 aromatic heterocycles. The number of hydrogen-bond acceptors (Lipinski definition) is 6. The Labute approximate surface area is 128 Å². The van der Waals surface area contributed by atoms with Crippen molar-refractivity contribution in [3.8, 4) is 5.88 Å². The predicted octanol–water partition coefficient (Wildman–Crippen LogP) is 3.08. The van der Waals surface area contributed by atoms with Gasteiger partial charge in [0.2, 0.25) is 5.88 Å². The van der Waals surface area contributed by atoms with E-state index in [1.165, 1.54) is 24.0 Å². The van der Waals surface area contributed by atoms with Gasteiger partial charge < -0.3 is 15.4 Å². The second-order valence-corrected chi connectivity index (χ2v) is 6.55. The van der Waals surface area contributed by atoms with Crippen LogP contribution in [0.5, 0.6) is 5.88 Å². The topological polar surface area (TPSA) is 64.3 Å². The van der Waals surface area contributed by atoms with Gasteiger partial charge in [0.15, 0.2) is 5.82 Å². The summed E-state index contributed by atoms with van der Waals surface area (Å²) < 4.78 is 5.67. The molecule has 0 amide bonds. The van der Waals surface area contributed by atoms with Gasteiger partial charge >= 0.3 is 0 Å². The first-order valence-electron chi connectivity index (χ1n) is 7.21. The summed E-state index contributed by atoms with van der Waals surface area (Å²) in [6.07, 6.45) is 3.96. The fourth-order valence-electron chi connectivity index (χ4n) is 2.25. The summed E-state index contributed by atoms with van der Waals surface area (Å²) in [6.45, 7) is 4.77. The number of ether oxygens (including phenoxy) is 1. The fourth-order valence-corrected chi connectivity index (χ4v) is 2.95. The summed E-state index contributed by atoms with van der Waals surface area (Å²) in [7, 11) is 0. The van der Waals surface area contributed by atoms with E-state index in [2.05, 4.69) is 32.4 Å². The van der Waals surface area contributed by atoms with Gasteiger partial charge in [-0.2, -0.15) is 4.98 Å². The third kappa shape index (κ3) is 3.26. The highest BCUT2D eigenvalue weighted by Crippen LogP contribution is 2.37. The van der Waals surface area contributed by atoms with Crippen LogP contribution < -0.4 is 15.4 Å². The van der Waals surface area contributed by atoms with E-state index in [0.717, 1.165) is 12.4 Å². The van der Waals surface area contributed by atoms with E-state index in [-0.39, 0.29) is 6.10 Å². The molecule has 3 rings (SSSR count). The first-order valence-corrected chi connectivity index (χ1v) is 8.09. The SMILES string of the molecule is CC(C)Oc1ncnc(N(Cc2cccs2)C2CC2)c1N. The number of rotatable bonds is 6. The zero-order chi connectivity index (χ0) is 14.8. The van der Waals surface area contributed by atoms with Crippen LogP contribution in [-0.4, -0.2) is 22.1 Å². The van der Waals surface area contributed by atoms with E-state index >= 15 is 0 Å². The molecule has 0 radical (unpaired) electrons. The molecule has 1 aliphatic carbocycles. The molecule has 0 atom stereocenters. The first kappa shape index (κ1) is 14.1. The summed E-state index contributed by atoms with van der Waals surface area (Å²) in [5, 5.41) is 2.09. The molecule has 2 N–H and O–H groups in total. The maximum atomic E-state index is 6.24. The number of anilines is 2. The molecule has 1 saturated carbocycles. The number of hydrogen-bond donors (Lipinski definition) is 1. The Morgan fingerprint density at radius 3 is 2.86 bits per heavy atom. The fraction of sp³-hybridized carbons (Fsp3) is 0.467. The lowest BCUT2D eigenvalue weighted by Crippen LogP contribution is -2.27. The van der Waals surface area contributed by atoms with Crippen molar-refractivity contribution in [3.05, 3.63) is 28.7 Å². The largest absolute Gasteiger partial charge is 0.473 e. The molecule has 0 bridgehead atoms. The summed E-state index contributed by atoms with van der Waals surface area (Å²) in [6, 6.07) is 4.74. The summed E-state index contributed by atoms with van der Waals surface area (Å²) >= 11 is 1.75. The number of nitrogens with two attached hydrogens (primary N) is 1. The highest BCUT2D eigenvalue weighted by atomic mass is 32.1. The zero-order valence-electron chi connectivity index (χ0n) is 12.3. The molecule has 1 fully saturated rings. The van der Waals surface area contributed by atoms with E-state index in [1.807, 2.05) is 13.8 Å². The van der Waals surface area contributed by atoms with Gasteiger partial charge in [0.1, 0.15) is 12.0 Å². The maximum absolute atomic E-state index is 6.24. The van der Waals surface area contributed by atoms with Gasteiger partial charge in [0, 0.05) is 10.9 Å². The van der Waals surface area contributed by atoms with Gasteiger partial charge in [-0.25, -0.2) is 4.98 Å². The lowest BCUT2D eigenvalue weighted by atomic mass is 10.3. The van der Waals surface area contributed by atoms with E-state index < -0.39 is 0 Å². The second-order valence-electron chi connectivity index (χ2n) is 5.52. The molecule has 0 aliphatic heterocycles. The highest BCUT2D eigenvalue weighted by Gasteiger charge is 2.32. The molecule has 0 aromatic carbocycles. The van der Waals surface area contributed by atoms with Crippen molar-refractivity contribution in [2.75, 3.05) is 10.6 Å². The monoisotopic (exact) mass is 304 g/mol. The standard InChI is InChI=1S/C15H20N4OS/c1-10(2)20-15-13(16)14(17-9-18-15)19(11-5-6-11)8-12-4-3-7-21-12/h3-4,7,9-11H,5-6,8,16H2,1-2H3. The first-order chi connectivity index (χ1) is 10.1. The molecule has 21 heavy (non-hydrogen) atoms. The number of nitrogen functional groups attached to an aromatic ring is 1. The minimum atomic E-state index is 0.0433. The van der Waals surface area contributed by atoms with Crippen LogP contribution in [0.1, 0.15) is 31.6 Å². The Bertz CT molecular complexity index is 596. The van der Waals surface area contributed by atoms with Crippen LogP contribution in [-0.2, 0) is 6.54 Å². The van der Waals surface area contributed by atoms with Crippen molar-refractivity contribution in [2.24, 2.45) is 0 Å². The number of aromatic nitrogens is 2. The van der Waals surface area contributed by atoms with E-state index in [4.69, 9.17) is 10.5 Å². The van der Waals surface area contributed by atoms with Gasteiger partial charge in [-0.3, -0.25) is 0 Å². The van der Waals surface area contributed by atoms with Crippen molar-refractivity contribution < 1.29 is 4.74 Å². The number of nitrogens with zero attached hydrogens (tertiary/aromatic N) is 3. The molecule has 2 heterocycles. The van der Waals surface area contributed by atoms with Crippen LogP contribution >= 0.6 is 11.3 Å². The molecule has 1 aliphatic rings. The van der Waals surface area contributed by atoms with Crippen molar-refractivity contribution in [1.82, 2.24) is 9.97 Å². The van der Waals surface area contributed by atoms with Crippen LogP contribution in [0.15, 0.2) is 23.8 Å². The highest BCUT2D eigenvalue weighted by molar-refractivity contribution is 7.09. The normalized spacial score (nSPS) is 14.4. The molecule has 5 nitrogen and oxygen atoms in total. The molecule has 112 valence electrons. The quantitative estimate of drug-likeness (QED) is 0.888. The molecule has 6 heteroatoms. The van der Waals surface area contributed by atoms with E-state index in [1.54, 1.807) is 11.3 Å². The summed E-state index contributed by atoms with van der Waals surface area (Å²) in [5.74, 6) is 1.27. The van der Waals surface area contributed by atoms with Gasteiger partial charge in [-0.1, -0.05) is 6.07 Å². The van der Waals surface area contributed by atoms with Crippen LogP contribution in [0.25, 0.3) is 0 Å². The Balaban J connectivity index is 1.88.